The van der Waals surface area contributed by atoms with Crippen LogP contribution in [0.5, 0.6) is 0 Å². The van der Waals surface area contributed by atoms with E-state index in [9.17, 15) is 0 Å². The van der Waals surface area contributed by atoms with Crippen LogP contribution in [0.2, 0.25) is 0 Å². The molecule has 0 aliphatic carbocycles. The zero-order valence-corrected chi connectivity index (χ0v) is 6.84. The molecule has 1 N–H and O–H groups in total. The lowest BCUT2D eigenvalue weighted by atomic mass is 10.4. The molecule has 2 rings (SSSR count). The summed E-state index contributed by atoms with van der Waals surface area (Å²) in [6.45, 7) is 0.173. The third-order valence-corrected chi connectivity index (χ3v) is 3.42. The Morgan fingerprint density at radius 1 is 1.40 bits per heavy atom. The van der Waals surface area contributed by atoms with Crippen molar-refractivity contribution in [2.24, 2.45) is 0 Å². The third kappa shape index (κ3) is 0.868. The summed E-state index contributed by atoms with van der Waals surface area (Å²) in [4.78, 5) is 1.06. The van der Waals surface area contributed by atoms with Gasteiger partial charge in [0.15, 0.2) is 0 Å². The van der Waals surface area contributed by atoms with E-state index in [0.29, 0.717) is 0 Å². The standard InChI is InChI=1S/C7H6OS2/c8-4-5-3-7-6(10-5)1-2-9-7/h1-3,8H,4H2. The molecule has 0 spiro atoms. The normalized spacial score (nSPS) is 10.9. The fourth-order valence-corrected chi connectivity index (χ4v) is 2.89. The van der Waals surface area contributed by atoms with Crippen LogP contribution in [0.3, 0.4) is 0 Å². The predicted molar refractivity (Wildman–Crippen MR) is 45.6 cm³/mol. The first-order valence-corrected chi connectivity index (χ1v) is 4.66. The molecule has 2 aromatic rings. The number of aliphatic hydroxyl groups excluding tert-OH is 1. The molecule has 2 aromatic heterocycles. The van der Waals surface area contributed by atoms with E-state index in [1.165, 1.54) is 9.40 Å². The zero-order chi connectivity index (χ0) is 6.97. The van der Waals surface area contributed by atoms with Crippen molar-refractivity contribution in [3.63, 3.8) is 0 Å². The van der Waals surface area contributed by atoms with Crippen LogP contribution >= 0.6 is 22.7 Å². The minimum Gasteiger partial charge on any atom is -0.391 e. The van der Waals surface area contributed by atoms with Crippen LogP contribution < -0.4 is 0 Å². The van der Waals surface area contributed by atoms with Crippen molar-refractivity contribution < 1.29 is 5.11 Å². The largest absolute Gasteiger partial charge is 0.391 e. The molecule has 3 heteroatoms. The Kier molecular flexibility index (Phi) is 1.48. The highest BCUT2D eigenvalue weighted by Crippen LogP contribution is 2.29. The SMILES string of the molecule is OCc1cc2sccc2s1. The smallest absolute Gasteiger partial charge is 0.0775 e. The summed E-state index contributed by atoms with van der Waals surface area (Å²) in [7, 11) is 0. The van der Waals surface area contributed by atoms with Gasteiger partial charge in [0.2, 0.25) is 0 Å². The first-order chi connectivity index (χ1) is 4.90. The quantitative estimate of drug-likeness (QED) is 0.697. The van der Waals surface area contributed by atoms with Crippen molar-refractivity contribution in [2.45, 2.75) is 6.61 Å². The molecule has 0 saturated carbocycles. The number of fused-ring (bicyclic) bond motifs is 1. The number of hydrogen-bond donors (Lipinski definition) is 1. The average Bonchev–Trinajstić information content (AvgIpc) is 2.42. The molecular weight excluding hydrogens is 164 g/mol. The lowest BCUT2D eigenvalue weighted by molar-refractivity contribution is 0.285. The maximum Gasteiger partial charge on any atom is 0.0775 e. The Morgan fingerprint density at radius 2 is 2.30 bits per heavy atom. The number of aliphatic hydroxyl groups is 1. The topological polar surface area (TPSA) is 20.2 Å². The lowest BCUT2D eigenvalue weighted by Gasteiger charge is -1.80. The molecule has 0 unspecified atom stereocenters. The molecule has 0 aliphatic rings. The van der Waals surface area contributed by atoms with Gasteiger partial charge in [0, 0.05) is 14.3 Å². The van der Waals surface area contributed by atoms with Crippen molar-refractivity contribution in [1.29, 1.82) is 0 Å². The van der Waals surface area contributed by atoms with Gasteiger partial charge in [0.25, 0.3) is 0 Å². The van der Waals surface area contributed by atoms with Gasteiger partial charge in [-0.3, -0.25) is 0 Å². The molecule has 0 aliphatic heterocycles. The van der Waals surface area contributed by atoms with Crippen LogP contribution in [-0.2, 0) is 6.61 Å². The van der Waals surface area contributed by atoms with Crippen LogP contribution in [0.15, 0.2) is 17.5 Å². The van der Waals surface area contributed by atoms with Gasteiger partial charge < -0.3 is 5.11 Å². The minimum absolute atomic E-state index is 0.173. The van der Waals surface area contributed by atoms with Crippen molar-refractivity contribution in [3.8, 4) is 0 Å². The van der Waals surface area contributed by atoms with Crippen LogP contribution in [0.1, 0.15) is 4.88 Å². The van der Waals surface area contributed by atoms with Gasteiger partial charge in [-0.25, -0.2) is 0 Å². The molecule has 0 radical (unpaired) electrons. The second-order valence-electron chi connectivity index (χ2n) is 2.02. The summed E-state index contributed by atoms with van der Waals surface area (Å²) in [6.07, 6.45) is 0. The van der Waals surface area contributed by atoms with E-state index >= 15 is 0 Å². The van der Waals surface area contributed by atoms with Gasteiger partial charge in [-0.2, -0.15) is 0 Å². The molecule has 52 valence electrons. The third-order valence-electron chi connectivity index (χ3n) is 1.35. The molecule has 0 amide bonds. The fourth-order valence-electron chi connectivity index (χ4n) is 0.894. The van der Waals surface area contributed by atoms with Gasteiger partial charge in [-0.1, -0.05) is 0 Å². The molecule has 0 atom stereocenters. The Bertz CT molecular complexity index is 305. The Hall–Kier alpha value is -0.380. The molecule has 2 heterocycles. The molecule has 0 bridgehead atoms. The Labute approximate surface area is 66.6 Å². The minimum atomic E-state index is 0.173. The van der Waals surface area contributed by atoms with E-state index in [1.807, 2.05) is 6.07 Å². The number of hydrogen-bond acceptors (Lipinski definition) is 3. The van der Waals surface area contributed by atoms with Gasteiger partial charge in [-0.15, -0.1) is 22.7 Å². The molecule has 0 aromatic carbocycles. The van der Waals surface area contributed by atoms with E-state index in [4.69, 9.17) is 5.11 Å². The van der Waals surface area contributed by atoms with E-state index < -0.39 is 0 Å². The first kappa shape index (κ1) is 6.34. The van der Waals surface area contributed by atoms with Crippen LogP contribution in [0.4, 0.5) is 0 Å². The lowest BCUT2D eigenvalue weighted by Crippen LogP contribution is -1.69. The van der Waals surface area contributed by atoms with Crippen LogP contribution in [0, 0.1) is 0 Å². The monoisotopic (exact) mass is 170 g/mol. The Balaban J connectivity index is 2.67. The molecule has 10 heavy (non-hydrogen) atoms. The van der Waals surface area contributed by atoms with Gasteiger partial charge in [-0.05, 0) is 17.5 Å². The highest BCUT2D eigenvalue weighted by atomic mass is 32.1. The van der Waals surface area contributed by atoms with Crippen molar-refractivity contribution in [1.82, 2.24) is 0 Å². The van der Waals surface area contributed by atoms with Crippen molar-refractivity contribution in [2.75, 3.05) is 0 Å². The van der Waals surface area contributed by atoms with Gasteiger partial charge in [0.1, 0.15) is 0 Å². The van der Waals surface area contributed by atoms with E-state index in [0.717, 1.165) is 4.88 Å². The Morgan fingerprint density at radius 3 is 3.00 bits per heavy atom. The summed E-state index contributed by atoms with van der Waals surface area (Å²) in [5.74, 6) is 0. The van der Waals surface area contributed by atoms with Gasteiger partial charge in [0.05, 0.1) is 6.61 Å². The summed E-state index contributed by atoms with van der Waals surface area (Å²) in [5, 5.41) is 10.8. The second-order valence-corrected chi connectivity index (χ2v) is 4.14. The van der Waals surface area contributed by atoms with E-state index in [-0.39, 0.29) is 6.61 Å². The predicted octanol–water partition coefficient (Wildman–Crippen LogP) is 2.46. The molecule has 0 saturated heterocycles. The maximum atomic E-state index is 8.77. The molecular formula is C7H6OS2. The van der Waals surface area contributed by atoms with Gasteiger partial charge >= 0.3 is 0 Å². The number of rotatable bonds is 1. The maximum absolute atomic E-state index is 8.77. The van der Waals surface area contributed by atoms with Crippen molar-refractivity contribution in [3.05, 3.63) is 22.4 Å². The summed E-state index contributed by atoms with van der Waals surface area (Å²) in [6, 6.07) is 4.13. The number of thiophene rings is 2. The van der Waals surface area contributed by atoms with E-state index in [1.54, 1.807) is 22.7 Å². The summed E-state index contributed by atoms with van der Waals surface area (Å²) in [5.41, 5.74) is 0. The summed E-state index contributed by atoms with van der Waals surface area (Å²) < 4.78 is 2.57. The van der Waals surface area contributed by atoms with Crippen molar-refractivity contribution >= 4 is 32.1 Å². The fraction of sp³-hybridized carbons (Fsp3) is 0.143. The van der Waals surface area contributed by atoms with Crippen LogP contribution in [0.25, 0.3) is 9.40 Å². The highest BCUT2D eigenvalue weighted by Gasteiger charge is 1.99. The first-order valence-electron chi connectivity index (χ1n) is 2.97. The van der Waals surface area contributed by atoms with Crippen LogP contribution in [-0.4, -0.2) is 5.11 Å². The highest BCUT2D eigenvalue weighted by molar-refractivity contribution is 7.26. The molecule has 0 fully saturated rings. The zero-order valence-electron chi connectivity index (χ0n) is 5.20. The second kappa shape index (κ2) is 2.34. The summed E-state index contributed by atoms with van der Waals surface area (Å²) >= 11 is 3.39. The van der Waals surface area contributed by atoms with E-state index in [2.05, 4.69) is 11.4 Å². The average molecular weight is 170 g/mol. The molecule has 1 nitrogen and oxygen atoms in total.